The molecule has 0 aliphatic carbocycles. The standard InChI is InChI=1S/C18H21N7O/c1-13-16(10-19-25(13)11-14-6-3-2-4-7-14)18(26)24-9-5-8-15(12-24)17-20-22-23-21-17/h2-4,6-7,10,15H,5,8-9,11-12H2,1H3,(H,20,21,22,23). The number of carbonyl (C=O) groups is 1. The monoisotopic (exact) mass is 351 g/mol. The summed E-state index contributed by atoms with van der Waals surface area (Å²) < 4.78 is 1.88. The Morgan fingerprint density at radius 3 is 2.92 bits per heavy atom. The van der Waals surface area contributed by atoms with Crippen molar-refractivity contribution in [2.24, 2.45) is 0 Å². The van der Waals surface area contributed by atoms with Gasteiger partial charge in [0, 0.05) is 24.7 Å². The molecule has 1 atom stereocenters. The molecule has 26 heavy (non-hydrogen) atoms. The van der Waals surface area contributed by atoms with E-state index in [0.29, 0.717) is 24.5 Å². The number of carbonyl (C=O) groups excluding carboxylic acids is 1. The number of aromatic nitrogens is 6. The van der Waals surface area contributed by atoms with E-state index in [4.69, 9.17) is 0 Å². The molecule has 0 spiro atoms. The van der Waals surface area contributed by atoms with Crippen molar-refractivity contribution in [1.82, 2.24) is 35.3 Å². The maximum absolute atomic E-state index is 13.0. The lowest BCUT2D eigenvalue weighted by atomic mass is 9.97. The molecule has 134 valence electrons. The van der Waals surface area contributed by atoms with Crippen molar-refractivity contribution in [1.29, 1.82) is 0 Å². The Balaban J connectivity index is 1.49. The third-order valence-corrected chi connectivity index (χ3v) is 4.94. The first-order valence-corrected chi connectivity index (χ1v) is 8.81. The largest absolute Gasteiger partial charge is 0.338 e. The molecule has 2 aromatic heterocycles. The van der Waals surface area contributed by atoms with Crippen LogP contribution in [0.15, 0.2) is 36.5 Å². The maximum atomic E-state index is 13.0. The van der Waals surface area contributed by atoms with Crippen molar-refractivity contribution in [2.75, 3.05) is 13.1 Å². The predicted octanol–water partition coefficient (Wildman–Crippen LogP) is 1.77. The fourth-order valence-electron chi connectivity index (χ4n) is 3.46. The fraction of sp³-hybridized carbons (Fsp3) is 0.389. The summed E-state index contributed by atoms with van der Waals surface area (Å²) in [7, 11) is 0. The molecule has 1 saturated heterocycles. The number of hydrogen-bond acceptors (Lipinski definition) is 5. The molecule has 0 bridgehead atoms. The molecular formula is C18H21N7O. The number of tetrazole rings is 1. The van der Waals surface area contributed by atoms with E-state index in [1.165, 1.54) is 0 Å². The third kappa shape index (κ3) is 3.22. The highest BCUT2D eigenvalue weighted by atomic mass is 16.2. The average Bonchev–Trinajstić information content (AvgIpc) is 3.33. The van der Waals surface area contributed by atoms with Gasteiger partial charge in [0.15, 0.2) is 5.82 Å². The lowest BCUT2D eigenvalue weighted by Crippen LogP contribution is -2.39. The van der Waals surface area contributed by atoms with E-state index in [-0.39, 0.29) is 11.8 Å². The molecule has 1 N–H and O–H groups in total. The zero-order valence-corrected chi connectivity index (χ0v) is 14.7. The molecule has 0 radical (unpaired) electrons. The summed E-state index contributed by atoms with van der Waals surface area (Å²) in [4.78, 5) is 14.9. The lowest BCUT2D eigenvalue weighted by Gasteiger charge is -2.31. The van der Waals surface area contributed by atoms with E-state index in [1.807, 2.05) is 34.7 Å². The summed E-state index contributed by atoms with van der Waals surface area (Å²) in [6.45, 7) is 3.97. The quantitative estimate of drug-likeness (QED) is 0.773. The van der Waals surface area contributed by atoms with Gasteiger partial charge in [0.25, 0.3) is 5.91 Å². The first-order valence-electron chi connectivity index (χ1n) is 8.81. The number of aromatic amines is 1. The maximum Gasteiger partial charge on any atom is 0.257 e. The number of hydrogen-bond donors (Lipinski definition) is 1. The van der Waals surface area contributed by atoms with Crippen molar-refractivity contribution in [2.45, 2.75) is 32.2 Å². The first kappa shape index (κ1) is 16.4. The van der Waals surface area contributed by atoms with E-state index >= 15 is 0 Å². The average molecular weight is 351 g/mol. The highest BCUT2D eigenvalue weighted by Gasteiger charge is 2.29. The number of piperidine rings is 1. The third-order valence-electron chi connectivity index (χ3n) is 4.94. The number of amides is 1. The van der Waals surface area contributed by atoms with Gasteiger partial charge < -0.3 is 4.90 Å². The number of H-pyrrole nitrogens is 1. The van der Waals surface area contributed by atoms with Crippen molar-refractivity contribution in [3.8, 4) is 0 Å². The van der Waals surface area contributed by atoms with Gasteiger partial charge in [0.2, 0.25) is 0 Å². The Labute approximate surface area is 151 Å². The minimum absolute atomic E-state index is 0.0232. The van der Waals surface area contributed by atoms with Crippen LogP contribution in [0, 0.1) is 6.92 Å². The van der Waals surface area contributed by atoms with Crippen LogP contribution in [0.1, 0.15) is 46.2 Å². The first-order chi connectivity index (χ1) is 12.7. The zero-order valence-electron chi connectivity index (χ0n) is 14.7. The van der Waals surface area contributed by atoms with Crippen LogP contribution in [-0.4, -0.2) is 54.3 Å². The summed E-state index contributed by atoms with van der Waals surface area (Å²) in [6, 6.07) is 10.1. The second kappa shape index (κ2) is 7.07. The van der Waals surface area contributed by atoms with Crippen molar-refractivity contribution in [3.63, 3.8) is 0 Å². The molecule has 1 aliphatic rings. The molecule has 1 amide bonds. The minimum Gasteiger partial charge on any atom is -0.338 e. The zero-order chi connectivity index (χ0) is 17.9. The fourth-order valence-corrected chi connectivity index (χ4v) is 3.46. The molecule has 0 saturated carbocycles. The minimum atomic E-state index is 0.0232. The van der Waals surface area contributed by atoms with Gasteiger partial charge in [-0.15, -0.1) is 10.2 Å². The van der Waals surface area contributed by atoms with Crippen LogP contribution in [0.5, 0.6) is 0 Å². The summed E-state index contributed by atoms with van der Waals surface area (Å²) >= 11 is 0. The van der Waals surface area contributed by atoms with E-state index in [0.717, 1.165) is 30.6 Å². The van der Waals surface area contributed by atoms with Gasteiger partial charge in [0.1, 0.15) is 0 Å². The number of nitrogens with zero attached hydrogens (tertiary/aromatic N) is 6. The van der Waals surface area contributed by atoms with Gasteiger partial charge in [0.05, 0.1) is 18.3 Å². The van der Waals surface area contributed by atoms with Crippen LogP contribution in [0.25, 0.3) is 0 Å². The predicted molar refractivity (Wildman–Crippen MR) is 94.6 cm³/mol. The summed E-state index contributed by atoms with van der Waals surface area (Å²) in [6.07, 6.45) is 3.58. The van der Waals surface area contributed by atoms with E-state index in [1.54, 1.807) is 6.20 Å². The second-order valence-corrected chi connectivity index (χ2v) is 6.65. The second-order valence-electron chi connectivity index (χ2n) is 6.65. The molecule has 1 fully saturated rings. The highest BCUT2D eigenvalue weighted by molar-refractivity contribution is 5.95. The normalized spacial score (nSPS) is 17.4. The Kier molecular flexibility index (Phi) is 4.47. The van der Waals surface area contributed by atoms with E-state index in [2.05, 4.69) is 37.9 Å². The lowest BCUT2D eigenvalue weighted by molar-refractivity contribution is 0.0703. The van der Waals surface area contributed by atoms with Gasteiger partial charge in [-0.25, -0.2) is 0 Å². The molecular weight excluding hydrogens is 330 g/mol. The Hall–Kier alpha value is -3.03. The smallest absolute Gasteiger partial charge is 0.257 e. The summed E-state index contributed by atoms with van der Waals surface area (Å²) in [5.74, 6) is 0.833. The molecule has 1 aliphatic heterocycles. The van der Waals surface area contributed by atoms with Crippen LogP contribution in [0.3, 0.4) is 0 Å². The van der Waals surface area contributed by atoms with Crippen LogP contribution in [0.4, 0.5) is 0 Å². The molecule has 8 heteroatoms. The molecule has 3 aromatic rings. The summed E-state index contributed by atoms with van der Waals surface area (Å²) in [5, 5.41) is 18.7. The Morgan fingerprint density at radius 2 is 2.15 bits per heavy atom. The van der Waals surface area contributed by atoms with E-state index < -0.39 is 0 Å². The SMILES string of the molecule is Cc1c(C(=O)N2CCCC(c3nn[nH]n3)C2)cnn1Cc1ccccc1. The molecule has 3 heterocycles. The van der Waals surface area contributed by atoms with Gasteiger partial charge in [-0.05, 0) is 25.3 Å². The van der Waals surface area contributed by atoms with Crippen LogP contribution in [0.2, 0.25) is 0 Å². The topological polar surface area (TPSA) is 92.6 Å². The highest BCUT2D eigenvalue weighted by Crippen LogP contribution is 2.25. The van der Waals surface area contributed by atoms with Gasteiger partial charge in [-0.2, -0.15) is 10.3 Å². The van der Waals surface area contributed by atoms with Crippen molar-refractivity contribution < 1.29 is 4.79 Å². The van der Waals surface area contributed by atoms with Gasteiger partial charge in [-0.1, -0.05) is 35.5 Å². The van der Waals surface area contributed by atoms with Gasteiger partial charge in [-0.3, -0.25) is 9.48 Å². The van der Waals surface area contributed by atoms with Crippen LogP contribution in [-0.2, 0) is 6.54 Å². The molecule has 8 nitrogen and oxygen atoms in total. The number of nitrogens with one attached hydrogen (secondary N) is 1. The number of rotatable bonds is 4. The van der Waals surface area contributed by atoms with Gasteiger partial charge >= 0.3 is 0 Å². The van der Waals surface area contributed by atoms with Crippen molar-refractivity contribution >= 4 is 5.91 Å². The number of benzene rings is 1. The number of likely N-dealkylation sites (tertiary alicyclic amines) is 1. The van der Waals surface area contributed by atoms with E-state index in [9.17, 15) is 4.79 Å². The van der Waals surface area contributed by atoms with Crippen molar-refractivity contribution in [3.05, 3.63) is 59.2 Å². The molecule has 1 unspecified atom stereocenters. The Bertz CT molecular complexity index is 872. The molecule has 4 rings (SSSR count). The summed E-state index contributed by atoms with van der Waals surface area (Å²) in [5.41, 5.74) is 2.71. The van der Waals surface area contributed by atoms with Crippen LogP contribution >= 0.6 is 0 Å². The Morgan fingerprint density at radius 1 is 1.31 bits per heavy atom. The van der Waals surface area contributed by atoms with Crippen LogP contribution < -0.4 is 0 Å². The molecule has 1 aromatic carbocycles.